The Hall–Kier alpha value is -3.23. The van der Waals surface area contributed by atoms with Gasteiger partial charge in [0.15, 0.2) is 9.84 Å². The van der Waals surface area contributed by atoms with Crippen LogP contribution in [-0.2, 0) is 14.6 Å². The van der Waals surface area contributed by atoms with Crippen molar-refractivity contribution in [2.75, 3.05) is 29.5 Å². The predicted octanol–water partition coefficient (Wildman–Crippen LogP) is 6.63. The van der Waals surface area contributed by atoms with E-state index in [2.05, 4.69) is 6.07 Å². The summed E-state index contributed by atoms with van der Waals surface area (Å²) in [6, 6.07) is 15.8. The van der Waals surface area contributed by atoms with Crippen LogP contribution in [0, 0.1) is 28.5 Å². The molecule has 2 atom stereocenters. The summed E-state index contributed by atoms with van der Waals surface area (Å²) in [6.45, 7) is 0.818. The van der Waals surface area contributed by atoms with Crippen LogP contribution in [0.4, 0.5) is 18.9 Å². The summed E-state index contributed by atoms with van der Waals surface area (Å²) >= 11 is 1.37. The zero-order chi connectivity index (χ0) is 29.7. The van der Waals surface area contributed by atoms with Crippen LogP contribution in [0.1, 0.15) is 50.1 Å². The third kappa shape index (κ3) is 5.97. The van der Waals surface area contributed by atoms with Gasteiger partial charge in [0, 0.05) is 55.4 Å². The molecule has 1 saturated heterocycles. The molecule has 2 aromatic carbocycles. The first-order valence-corrected chi connectivity index (χ1v) is 16.7. The largest absolute Gasteiger partial charge is 0.369 e. The Labute approximate surface area is 247 Å². The van der Waals surface area contributed by atoms with Crippen molar-refractivity contribution in [2.24, 2.45) is 11.3 Å². The topological polar surface area (TPSA) is 91.1 Å². The second kappa shape index (κ2) is 10.8. The second-order valence-corrected chi connectivity index (χ2v) is 15.1. The number of hydrogen-bond acceptors (Lipinski definition) is 7. The van der Waals surface area contributed by atoms with Gasteiger partial charge in [0.1, 0.15) is 16.6 Å². The van der Waals surface area contributed by atoms with Crippen LogP contribution in [0.25, 0.3) is 21.0 Å². The summed E-state index contributed by atoms with van der Waals surface area (Å²) in [5, 5.41) is 10.2. The van der Waals surface area contributed by atoms with E-state index in [1.54, 1.807) is 12.1 Å². The smallest absolute Gasteiger partial charge is 0.248 e. The summed E-state index contributed by atoms with van der Waals surface area (Å²) < 4.78 is 66.8. The Bertz CT molecular complexity index is 1630. The molecule has 0 radical (unpaired) electrons. The Morgan fingerprint density at radius 1 is 1.02 bits per heavy atom. The minimum absolute atomic E-state index is 0.0225. The van der Waals surface area contributed by atoms with E-state index >= 15 is 0 Å². The Morgan fingerprint density at radius 2 is 1.67 bits per heavy atom. The van der Waals surface area contributed by atoms with Gasteiger partial charge >= 0.3 is 0 Å². The molecular weight excluding hydrogens is 583 g/mol. The molecule has 1 aliphatic heterocycles. The number of aromatic nitrogens is 1. The van der Waals surface area contributed by atoms with Crippen molar-refractivity contribution in [1.82, 2.24) is 4.98 Å². The molecule has 0 bridgehead atoms. The highest BCUT2D eigenvalue weighted by molar-refractivity contribution is 7.91. The maximum Gasteiger partial charge on any atom is 0.248 e. The molecule has 3 fully saturated rings. The lowest BCUT2D eigenvalue weighted by molar-refractivity contribution is -0.132. The highest BCUT2D eigenvalue weighted by Gasteiger charge is 2.51. The number of nitriles is 1. The lowest BCUT2D eigenvalue weighted by atomic mass is 9.71. The number of alkyl halides is 2. The molecule has 2 heterocycles. The van der Waals surface area contributed by atoms with Gasteiger partial charge in [-0.25, -0.2) is 26.6 Å². The molecule has 0 spiro atoms. The van der Waals surface area contributed by atoms with Gasteiger partial charge < -0.3 is 4.90 Å². The van der Waals surface area contributed by atoms with E-state index in [0.717, 1.165) is 16.1 Å². The van der Waals surface area contributed by atoms with Gasteiger partial charge in [-0.15, -0.1) is 11.3 Å². The Balaban J connectivity index is 1.37. The predicted molar refractivity (Wildman–Crippen MR) is 156 cm³/mol. The zero-order valence-corrected chi connectivity index (χ0v) is 24.5. The molecule has 0 N–H and O–H groups in total. The van der Waals surface area contributed by atoms with Gasteiger partial charge in [-0.1, -0.05) is 12.1 Å². The SMILES string of the molecule is N#CC1(CC(=O)[C@@H]2CC(F)(F)CC[C@H]2c2nc(-c3ccc(F)cc3)sc2-c2ccc(N3CCS(=O)(=O)CC3)cc2)CC1. The van der Waals surface area contributed by atoms with E-state index in [9.17, 15) is 31.6 Å². The van der Waals surface area contributed by atoms with Gasteiger partial charge in [-0.3, -0.25) is 4.79 Å². The fraction of sp³-hybridized carbons (Fsp3) is 0.452. The molecule has 220 valence electrons. The highest BCUT2D eigenvalue weighted by atomic mass is 32.2. The first-order valence-electron chi connectivity index (χ1n) is 14.1. The van der Waals surface area contributed by atoms with Crippen LogP contribution < -0.4 is 4.90 Å². The van der Waals surface area contributed by atoms with Crippen molar-refractivity contribution in [3.05, 3.63) is 60.0 Å². The van der Waals surface area contributed by atoms with Gasteiger partial charge in [0.05, 0.1) is 33.6 Å². The van der Waals surface area contributed by atoms with E-state index in [0.29, 0.717) is 42.2 Å². The second-order valence-electron chi connectivity index (χ2n) is 11.8. The van der Waals surface area contributed by atoms with Gasteiger partial charge in [0.25, 0.3) is 0 Å². The number of benzene rings is 2. The molecule has 0 amide bonds. The summed E-state index contributed by atoms with van der Waals surface area (Å²) in [5.41, 5.74) is 2.22. The van der Waals surface area contributed by atoms with E-state index in [1.807, 2.05) is 29.2 Å². The standard InChI is InChI=1S/C31H30F3N3O3S2/c32-22-5-1-21(2-6-22)29-36-27(24-9-10-31(33,34)17-25(24)26(38)18-30(19-35)11-12-30)28(41-29)20-3-7-23(8-4-20)37-13-15-42(39,40)16-14-37/h1-8,24-25H,9-18H2/t24-,25-/m1/s1. The number of hydrogen-bond donors (Lipinski definition) is 0. The molecule has 6 rings (SSSR count). The van der Waals surface area contributed by atoms with Gasteiger partial charge in [-0.2, -0.15) is 5.26 Å². The van der Waals surface area contributed by atoms with Gasteiger partial charge in [0.2, 0.25) is 5.92 Å². The normalized spacial score (nSPS) is 24.1. The number of ketones is 1. The molecule has 3 aromatic rings. The number of carbonyl (C=O) groups is 1. The Kier molecular flexibility index (Phi) is 7.42. The first-order chi connectivity index (χ1) is 20.0. The average molecular weight is 614 g/mol. The number of nitrogens with zero attached hydrogens (tertiary/aromatic N) is 3. The number of Topliss-reactive ketones (excluding diaryl/α,β-unsaturated/α-hetero) is 1. The van der Waals surface area contributed by atoms with Crippen molar-refractivity contribution in [3.8, 4) is 27.1 Å². The van der Waals surface area contributed by atoms with E-state index in [4.69, 9.17) is 4.98 Å². The summed E-state index contributed by atoms with van der Waals surface area (Å²) in [4.78, 5) is 21.2. The number of halogens is 3. The molecule has 11 heteroatoms. The maximum atomic E-state index is 14.7. The van der Waals surface area contributed by atoms with Crippen molar-refractivity contribution < 1.29 is 26.4 Å². The fourth-order valence-electron chi connectivity index (χ4n) is 6.04. The number of thiazole rings is 1. The molecular formula is C31H30F3N3O3S2. The summed E-state index contributed by atoms with van der Waals surface area (Å²) in [5.74, 6) is -4.97. The van der Waals surface area contributed by atoms with Crippen molar-refractivity contribution in [2.45, 2.75) is 50.4 Å². The van der Waals surface area contributed by atoms with Crippen molar-refractivity contribution in [1.29, 1.82) is 5.26 Å². The molecule has 3 aliphatic rings. The average Bonchev–Trinajstić information content (AvgIpc) is 3.60. The lowest BCUT2D eigenvalue weighted by Crippen LogP contribution is -2.40. The van der Waals surface area contributed by atoms with Crippen LogP contribution >= 0.6 is 11.3 Å². The van der Waals surface area contributed by atoms with E-state index in [1.165, 1.54) is 23.5 Å². The monoisotopic (exact) mass is 613 g/mol. The molecule has 42 heavy (non-hydrogen) atoms. The molecule has 2 aliphatic carbocycles. The van der Waals surface area contributed by atoms with E-state index < -0.39 is 39.4 Å². The van der Waals surface area contributed by atoms with Crippen LogP contribution in [0.3, 0.4) is 0 Å². The molecule has 1 aromatic heterocycles. The third-order valence-corrected chi connectivity index (χ3v) is 11.6. The first kappa shape index (κ1) is 28.9. The number of anilines is 1. The molecule has 0 unspecified atom stereocenters. The van der Waals surface area contributed by atoms with Crippen molar-refractivity contribution >= 4 is 32.6 Å². The minimum Gasteiger partial charge on any atom is -0.369 e. The van der Waals surface area contributed by atoms with Gasteiger partial charge in [-0.05, 0) is 61.2 Å². The van der Waals surface area contributed by atoms with E-state index in [-0.39, 0.29) is 42.4 Å². The number of sulfone groups is 1. The van der Waals surface area contributed by atoms with Crippen LogP contribution in [0.15, 0.2) is 48.5 Å². The quantitative estimate of drug-likeness (QED) is 0.297. The maximum absolute atomic E-state index is 14.7. The summed E-state index contributed by atoms with van der Waals surface area (Å²) in [6.07, 6.45) is 0.348. The Morgan fingerprint density at radius 3 is 2.29 bits per heavy atom. The lowest BCUT2D eigenvalue weighted by Gasteiger charge is -2.35. The van der Waals surface area contributed by atoms with Crippen LogP contribution in [0.2, 0.25) is 0 Å². The molecule has 6 nitrogen and oxygen atoms in total. The third-order valence-electron chi connectivity index (χ3n) is 8.78. The van der Waals surface area contributed by atoms with Crippen LogP contribution in [0.5, 0.6) is 0 Å². The number of carbonyl (C=O) groups excluding carboxylic acids is 1. The van der Waals surface area contributed by atoms with Crippen LogP contribution in [-0.4, -0.2) is 49.7 Å². The number of rotatable bonds is 7. The minimum atomic E-state index is -3.02. The fourth-order valence-corrected chi connectivity index (χ4v) is 8.39. The van der Waals surface area contributed by atoms with Crippen molar-refractivity contribution in [3.63, 3.8) is 0 Å². The summed E-state index contributed by atoms with van der Waals surface area (Å²) in [7, 11) is -3.02. The molecule has 2 saturated carbocycles. The zero-order valence-electron chi connectivity index (χ0n) is 22.9. The highest BCUT2D eigenvalue weighted by Crippen LogP contribution is 2.53.